The molecule has 0 atom stereocenters. The molecular weight excluding hydrogens is 178 g/mol. The van der Waals surface area contributed by atoms with Crippen molar-refractivity contribution in [2.24, 2.45) is 0 Å². The van der Waals surface area contributed by atoms with Crippen LogP contribution in [-0.4, -0.2) is 16.9 Å². The van der Waals surface area contributed by atoms with Gasteiger partial charge in [-0.15, -0.1) is 0 Å². The number of nitrogens with two attached hydrogens (primary N) is 1. The maximum atomic E-state index is 11.6. The second kappa shape index (κ2) is 4.09. The molecule has 0 aliphatic heterocycles. The van der Waals surface area contributed by atoms with Crippen LogP contribution in [0, 0.1) is 6.92 Å². The van der Waals surface area contributed by atoms with E-state index >= 15 is 0 Å². The molecule has 0 saturated carbocycles. The molecule has 3 N–H and O–H groups in total. The van der Waals surface area contributed by atoms with E-state index in [0.29, 0.717) is 11.3 Å². The summed E-state index contributed by atoms with van der Waals surface area (Å²) < 4.78 is 0. The third-order valence-corrected chi connectivity index (χ3v) is 1.74. The van der Waals surface area contributed by atoms with Crippen molar-refractivity contribution in [3.8, 4) is 0 Å². The molecule has 0 unspecified atom stereocenters. The van der Waals surface area contributed by atoms with Gasteiger partial charge >= 0.3 is 0 Å². The minimum absolute atomic E-state index is 0.100. The number of aryl methyl sites for hydroxylation is 1. The quantitative estimate of drug-likeness (QED) is 0.739. The first-order valence-corrected chi connectivity index (χ1v) is 4.53. The number of hydrogen-bond donors (Lipinski definition) is 2. The van der Waals surface area contributed by atoms with Crippen LogP contribution in [0.1, 0.15) is 29.9 Å². The number of rotatable bonds is 2. The number of nitrogens with one attached hydrogen (secondary N) is 1. The minimum Gasteiger partial charge on any atom is -0.398 e. The lowest BCUT2D eigenvalue weighted by atomic mass is 10.2. The van der Waals surface area contributed by atoms with Gasteiger partial charge in [0.15, 0.2) is 0 Å². The van der Waals surface area contributed by atoms with Gasteiger partial charge in [-0.2, -0.15) is 0 Å². The first-order valence-electron chi connectivity index (χ1n) is 4.53. The van der Waals surface area contributed by atoms with Gasteiger partial charge < -0.3 is 11.1 Å². The Labute approximate surface area is 83.5 Å². The zero-order valence-electron chi connectivity index (χ0n) is 8.66. The standard InChI is InChI=1S/C10H15N3O/c1-6(2)13-10(14)8-5-12-7(3)4-9(8)11/h4-6H,1-3H3,(H2,11,12)(H,13,14). The number of nitrogens with zero attached hydrogens (tertiary/aromatic N) is 1. The lowest BCUT2D eigenvalue weighted by Gasteiger charge is -2.09. The molecule has 4 nitrogen and oxygen atoms in total. The number of nitrogen functional groups attached to an aromatic ring is 1. The monoisotopic (exact) mass is 193 g/mol. The maximum Gasteiger partial charge on any atom is 0.255 e. The normalized spacial score (nSPS) is 10.3. The number of amides is 1. The van der Waals surface area contributed by atoms with Crippen LogP contribution in [0.5, 0.6) is 0 Å². The molecular formula is C10H15N3O. The predicted octanol–water partition coefficient (Wildman–Crippen LogP) is 1.11. The molecule has 0 radical (unpaired) electrons. The maximum absolute atomic E-state index is 11.6. The number of pyridine rings is 1. The Bertz CT molecular complexity index is 347. The highest BCUT2D eigenvalue weighted by atomic mass is 16.1. The van der Waals surface area contributed by atoms with Crippen molar-refractivity contribution < 1.29 is 4.79 Å². The summed E-state index contributed by atoms with van der Waals surface area (Å²) in [6.45, 7) is 5.63. The number of hydrogen-bond acceptors (Lipinski definition) is 3. The largest absolute Gasteiger partial charge is 0.398 e. The van der Waals surface area contributed by atoms with Gasteiger partial charge in [-0.3, -0.25) is 9.78 Å². The van der Waals surface area contributed by atoms with E-state index in [1.54, 1.807) is 6.07 Å². The molecule has 0 saturated heterocycles. The molecule has 4 heteroatoms. The van der Waals surface area contributed by atoms with Crippen LogP contribution in [0.15, 0.2) is 12.3 Å². The Kier molecular flexibility index (Phi) is 3.06. The summed E-state index contributed by atoms with van der Waals surface area (Å²) >= 11 is 0. The van der Waals surface area contributed by atoms with Gasteiger partial charge in [0.05, 0.1) is 5.56 Å². The van der Waals surface area contributed by atoms with Crippen molar-refractivity contribution in [1.82, 2.24) is 10.3 Å². The Morgan fingerprint density at radius 2 is 2.21 bits per heavy atom. The topological polar surface area (TPSA) is 68.0 Å². The average molecular weight is 193 g/mol. The second-order valence-corrected chi connectivity index (χ2v) is 3.54. The smallest absolute Gasteiger partial charge is 0.255 e. The third-order valence-electron chi connectivity index (χ3n) is 1.74. The molecule has 0 aromatic carbocycles. The van der Waals surface area contributed by atoms with E-state index in [4.69, 9.17) is 5.73 Å². The fourth-order valence-corrected chi connectivity index (χ4v) is 1.11. The van der Waals surface area contributed by atoms with Crippen molar-refractivity contribution in [1.29, 1.82) is 0 Å². The molecule has 1 aromatic heterocycles. The van der Waals surface area contributed by atoms with Gasteiger partial charge in [-0.05, 0) is 26.8 Å². The van der Waals surface area contributed by atoms with Crippen LogP contribution >= 0.6 is 0 Å². The van der Waals surface area contributed by atoms with Crippen LogP contribution in [0.3, 0.4) is 0 Å². The van der Waals surface area contributed by atoms with E-state index < -0.39 is 0 Å². The van der Waals surface area contributed by atoms with Crippen molar-refractivity contribution in [3.63, 3.8) is 0 Å². The fraction of sp³-hybridized carbons (Fsp3) is 0.400. The van der Waals surface area contributed by atoms with Crippen LogP contribution < -0.4 is 11.1 Å². The summed E-state index contributed by atoms with van der Waals surface area (Å²) in [5.41, 5.74) is 7.41. The Balaban J connectivity index is 2.90. The molecule has 0 fully saturated rings. The summed E-state index contributed by atoms with van der Waals surface area (Å²) in [7, 11) is 0. The molecule has 0 aliphatic rings. The molecule has 1 rings (SSSR count). The Morgan fingerprint density at radius 3 is 2.71 bits per heavy atom. The van der Waals surface area contributed by atoms with Crippen molar-refractivity contribution >= 4 is 11.6 Å². The predicted molar refractivity (Wildman–Crippen MR) is 56.0 cm³/mol. The summed E-state index contributed by atoms with van der Waals surface area (Å²) in [6, 6.07) is 1.79. The summed E-state index contributed by atoms with van der Waals surface area (Å²) in [5.74, 6) is -0.176. The van der Waals surface area contributed by atoms with Crippen molar-refractivity contribution in [3.05, 3.63) is 23.5 Å². The number of anilines is 1. The molecule has 0 spiro atoms. The van der Waals surface area contributed by atoms with Gasteiger partial charge in [-0.25, -0.2) is 0 Å². The zero-order valence-corrected chi connectivity index (χ0v) is 8.66. The lowest BCUT2D eigenvalue weighted by molar-refractivity contribution is 0.0943. The summed E-state index contributed by atoms with van der Waals surface area (Å²) in [5, 5.41) is 2.76. The van der Waals surface area contributed by atoms with Crippen molar-refractivity contribution in [2.75, 3.05) is 5.73 Å². The van der Waals surface area contributed by atoms with E-state index in [9.17, 15) is 4.79 Å². The third kappa shape index (κ3) is 2.45. The fourth-order valence-electron chi connectivity index (χ4n) is 1.11. The van der Waals surface area contributed by atoms with Gasteiger partial charge in [-0.1, -0.05) is 0 Å². The van der Waals surface area contributed by atoms with Gasteiger partial charge in [0.2, 0.25) is 0 Å². The highest BCUT2D eigenvalue weighted by molar-refractivity contribution is 5.98. The second-order valence-electron chi connectivity index (χ2n) is 3.54. The molecule has 1 aromatic rings. The van der Waals surface area contributed by atoms with E-state index in [1.807, 2.05) is 20.8 Å². The Hall–Kier alpha value is -1.58. The van der Waals surface area contributed by atoms with E-state index in [0.717, 1.165) is 5.69 Å². The van der Waals surface area contributed by atoms with Crippen LogP contribution in [-0.2, 0) is 0 Å². The van der Waals surface area contributed by atoms with E-state index in [-0.39, 0.29) is 11.9 Å². The highest BCUT2D eigenvalue weighted by Gasteiger charge is 2.10. The van der Waals surface area contributed by atoms with Crippen LogP contribution in [0.4, 0.5) is 5.69 Å². The average Bonchev–Trinajstić information content (AvgIpc) is 2.01. The molecule has 76 valence electrons. The van der Waals surface area contributed by atoms with E-state index in [1.165, 1.54) is 6.20 Å². The van der Waals surface area contributed by atoms with Crippen molar-refractivity contribution in [2.45, 2.75) is 26.8 Å². The first kappa shape index (κ1) is 10.5. The number of carbonyl (C=O) groups is 1. The summed E-state index contributed by atoms with van der Waals surface area (Å²) in [4.78, 5) is 15.6. The SMILES string of the molecule is Cc1cc(N)c(C(=O)NC(C)C)cn1. The number of carbonyl (C=O) groups excluding carboxylic acids is 1. The number of aromatic nitrogens is 1. The zero-order chi connectivity index (χ0) is 10.7. The lowest BCUT2D eigenvalue weighted by Crippen LogP contribution is -2.30. The van der Waals surface area contributed by atoms with Gasteiger partial charge in [0, 0.05) is 23.6 Å². The highest BCUT2D eigenvalue weighted by Crippen LogP contribution is 2.11. The molecule has 1 heterocycles. The minimum atomic E-state index is -0.176. The first-order chi connectivity index (χ1) is 6.50. The van der Waals surface area contributed by atoms with E-state index in [2.05, 4.69) is 10.3 Å². The molecule has 0 aliphatic carbocycles. The van der Waals surface area contributed by atoms with Crippen LogP contribution in [0.2, 0.25) is 0 Å². The summed E-state index contributed by atoms with van der Waals surface area (Å²) in [6.07, 6.45) is 1.50. The molecule has 14 heavy (non-hydrogen) atoms. The molecule has 0 bridgehead atoms. The van der Waals surface area contributed by atoms with Gasteiger partial charge in [0.1, 0.15) is 0 Å². The Morgan fingerprint density at radius 1 is 1.57 bits per heavy atom. The molecule has 1 amide bonds. The van der Waals surface area contributed by atoms with Gasteiger partial charge in [0.25, 0.3) is 5.91 Å². The van der Waals surface area contributed by atoms with Crippen LogP contribution in [0.25, 0.3) is 0 Å².